The van der Waals surface area contributed by atoms with Crippen LogP contribution in [-0.2, 0) is 33.6 Å². The highest BCUT2D eigenvalue weighted by molar-refractivity contribution is 7.13. The molecule has 1 aromatic carbocycles. The molecule has 0 radical (unpaired) electrons. The molecular weight excluding hydrogens is 633 g/mol. The SMILES string of the molecule is Cc1ncsc1-c1ccc([C@H](CC(=O)ON2C(=O)CCC2=O)NC(=O)[C@@H]2C[C@@H](O)CN2C(=O)[C@@H](NC(=O)C2(F)CC2)C(C)(C)C)cc1. The molecule has 4 atom stereocenters. The number of aryl methyl sites for hydroxylation is 1. The van der Waals surface area contributed by atoms with E-state index in [2.05, 4.69) is 15.6 Å². The molecule has 13 nitrogen and oxygen atoms in total. The van der Waals surface area contributed by atoms with Gasteiger partial charge in [0.1, 0.15) is 12.1 Å². The lowest BCUT2D eigenvalue weighted by molar-refractivity contribution is -0.197. The second-order valence-corrected chi connectivity index (χ2v) is 14.2. The molecule has 2 aliphatic heterocycles. The van der Waals surface area contributed by atoms with E-state index in [9.17, 15) is 38.3 Å². The third kappa shape index (κ3) is 7.51. The summed E-state index contributed by atoms with van der Waals surface area (Å²) in [5.41, 5.74) is 1.03. The number of amides is 5. The van der Waals surface area contributed by atoms with E-state index in [-0.39, 0.29) is 38.6 Å². The van der Waals surface area contributed by atoms with E-state index in [1.807, 2.05) is 6.92 Å². The zero-order chi connectivity index (χ0) is 34.3. The summed E-state index contributed by atoms with van der Waals surface area (Å²) in [6.07, 6.45) is -1.68. The molecule has 3 aliphatic rings. The van der Waals surface area contributed by atoms with Crippen LogP contribution in [0.3, 0.4) is 0 Å². The van der Waals surface area contributed by atoms with Crippen molar-refractivity contribution in [3.8, 4) is 10.4 Å². The van der Waals surface area contributed by atoms with Gasteiger partial charge in [-0.25, -0.2) is 14.2 Å². The minimum atomic E-state index is -2.02. The van der Waals surface area contributed by atoms with Crippen LogP contribution >= 0.6 is 11.3 Å². The number of carbonyl (C=O) groups is 6. The summed E-state index contributed by atoms with van der Waals surface area (Å²) in [7, 11) is 0. The summed E-state index contributed by atoms with van der Waals surface area (Å²) < 4.78 is 14.5. The van der Waals surface area contributed by atoms with Gasteiger partial charge in [0.2, 0.25) is 11.8 Å². The number of aromatic nitrogens is 1. The molecule has 0 unspecified atom stereocenters. The number of rotatable bonds is 10. The summed E-state index contributed by atoms with van der Waals surface area (Å²) in [6.45, 7) is 6.77. The maximum Gasteiger partial charge on any atom is 0.335 e. The van der Waals surface area contributed by atoms with Crippen LogP contribution in [0, 0.1) is 12.3 Å². The predicted molar refractivity (Wildman–Crippen MR) is 166 cm³/mol. The number of benzene rings is 1. The average molecular weight is 672 g/mol. The van der Waals surface area contributed by atoms with Crippen LogP contribution in [0.4, 0.5) is 4.39 Å². The third-order valence-corrected chi connectivity index (χ3v) is 9.53. The van der Waals surface area contributed by atoms with Gasteiger partial charge in [0.05, 0.1) is 34.6 Å². The van der Waals surface area contributed by atoms with Gasteiger partial charge in [-0.1, -0.05) is 45.0 Å². The zero-order valence-corrected chi connectivity index (χ0v) is 27.4. The third-order valence-electron chi connectivity index (χ3n) is 8.56. The lowest BCUT2D eigenvalue weighted by atomic mass is 9.85. The Kier molecular flexibility index (Phi) is 9.51. The number of aliphatic hydroxyl groups is 1. The monoisotopic (exact) mass is 671 g/mol. The van der Waals surface area contributed by atoms with Crippen LogP contribution in [0.15, 0.2) is 29.8 Å². The first kappa shape index (κ1) is 34.1. The van der Waals surface area contributed by atoms with Gasteiger partial charge in [-0.3, -0.25) is 24.0 Å². The number of imide groups is 1. The van der Waals surface area contributed by atoms with E-state index < -0.39 is 77.2 Å². The van der Waals surface area contributed by atoms with Crippen molar-refractivity contribution in [1.29, 1.82) is 0 Å². The van der Waals surface area contributed by atoms with Gasteiger partial charge in [-0.15, -0.1) is 16.4 Å². The van der Waals surface area contributed by atoms with E-state index in [0.717, 1.165) is 16.1 Å². The van der Waals surface area contributed by atoms with E-state index >= 15 is 0 Å². The number of hydrogen-bond acceptors (Lipinski definition) is 10. The molecule has 3 fully saturated rings. The van der Waals surface area contributed by atoms with Crippen molar-refractivity contribution in [3.05, 3.63) is 41.0 Å². The molecule has 2 aromatic rings. The first-order valence-electron chi connectivity index (χ1n) is 15.4. The normalized spacial score (nSPS) is 21.7. The van der Waals surface area contributed by atoms with Gasteiger partial charge in [0.25, 0.3) is 17.7 Å². The standard InChI is InChI=1S/C32H38FN5O8S/c1-17-26(47-16-34-17)19-7-5-18(6-8-19)21(14-25(42)46-38-23(40)9-10-24(38)41)35-28(43)22-13-20(39)15-37(22)29(44)27(31(2,3)4)36-30(45)32(33)11-12-32/h5-8,16,20-22,27,39H,9-15H2,1-4H3,(H,35,43)(H,36,45)/t20-,21+,22+,27-/m1/s1. The maximum atomic E-state index is 14.5. The molecule has 1 aromatic heterocycles. The number of hydrogen-bond donors (Lipinski definition) is 3. The zero-order valence-electron chi connectivity index (χ0n) is 26.6. The lowest BCUT2D eigenvalue weighted by Crippen LogP contribution is -2.59. The number of carbonyl (C=O) groups excluding carboxylic acids is 6. The van der Waals surface area contributed by atoms with Crippen molar-refractivity contribution in [2.45, 2.75) is 96.1 Å². The molecule has 252 valence electrons. The predicted octanol–water partition coefficient (Wildman–Crippen LogP) is 2.27. The van der Waals surface area contributed by atoms with Crippen LogP contribution in [0.2, 0.25) is 0 Å². The number of likely N-dealkylation sites (tertiary alicyclic amines) is 1. The number of alkyl halides is 1. The number of nitrogens with one attached hydrogen (secondary N) is 2. The van der Waals surface area contributed by atoms with Gasteiger partial charge in [0, 0.05) is 25.8 Å². The van der Waals surface area contributed by atoms with Crippen LogP contribution in [0.5, 0.6) is 0 Å². The Balaban J connectivity index is 1.37. The Morgan fingerprint density at radius 3 is 2.30 bits per heavy atom. The van der Waals surface area contributed by atoms with Gasteiger partial charge in [0.15, 0.2) is 5.67 Å². The van der Waals surface area contributed by atoms with Gasteiger partial charge >= 0.3 is 5.97 Å². The first-order valence-corrected chi connectivity index (χ1v) is 16.3. The summed E-state index contributed by atoms with van der Waals surface area (Å²) >= 11 is 1.46. The van der Waals surface area contributed by atoms with Crippen LogP contribution < -0.4 is 10.6 Å². The molecular formula is C32H38FN5O8S. The van der Waals surface area contributed by atoms with Crippen molar-refractivity contribution in [3.63, 3.8) is 0 Å². The minimum Gasteiger partial charge on any atom is -0.391 e. The number of nitrogens with zero attached hydrogens (tertiary/aromatic N) is 3. The molecule has 2 saturated heterocycles. The topological polar surface area (TPSA) is 175 Å². The second kappa shape index (κ2) is 13.1. The van der Waals surface area contributed by atoms with E-state index in [4.69, 9.17) is 4.84 Å². The fourth-order valence-electron chi connectivity index (χ4n) is 5.65. The fourth-order valence-corrected chi connectivity index (χ4v) is 6.46. The van der Waals surface area contributed by atoms with Gasteiger partial charge in [-0.05, 0) is 36.3 Å². The molecule has 1 aliphatic carbocycles. The molecule has 3 N–H and O–H groups in total. The van der Waals surface area contributed by atoms with Crippen LogP contribution in [-0.4, -0.2) is 86.0 Å². The molecule has 15 heteroatoms. The molecule has 47 heavy (non-hydrogen) atoms. The largest absolute Gasteiger partial charge is 0.391 e. The number of thiazole rings is 1. The highest BCUT2D eigenvalue weighted by Gasteiger charge is 2.53. The van der Waals surface area contributed by atoms with E-state index in [1.165, 1.54) is 16.2 Å². The van der Waals surface area contributed by atoms with Crippen LogP contribution in [0.25, 0.3) is 10.4 Å². The number of aliphatic hydroxyl groups excluding tert-OH is 1. The quantitative estimate of drug-likeness (QED) is 0.320. The summed E-state index contributed by atoms with van der Waals surface area (Å²) in [5.74, 6) is -4.48. The Morgan fingerprint density at radius 2 is 1.74 bits per heavy atom. The summed E-state index contributed by atoms with van der Waals surface area (Å²) in [6, 6.07) is 3.64. The second-order valence-electron chi connectivity index (χ2n) is 13.3. The molecule has 1 saturated carbocycles. The maximum absolute atomic E-state index is 14.5. The number of hydroxylamine groups is 2. The van der Waals surface area contributed by atoms with E-state index in [1.54, 1.807) is 50.5 Å². The van der Waals surface area contributed by atoms with Gasteiger partial charge < -0.3 is 25.5 Å². The number of halogens is 1. The highest BCUT2D eigenvalue weighted by Crippen LogP contribution is 2.40. The van der Waals surface area contributed by atoms with Crippen LogP contribution in [0.1, 0.15) is 76.6 Å². The highest BCUT2D eigenvalue weighted by atomic mass is 32.1. The average Bonchev–Trinajstić information content (AvgIpc) is 3.27. The fraction of sp³-hybridized carbons (Fsp3) is 0.531. The van der Waals surface area contributed by atoms with Gasteiger partial charge in [-0.2, -0.15) is 0 Å². The first-order chi connectivity index (χ1) is 22.1. The molecule has 0 spiro atoms. The Bertz CT molecular complexity index is 1570. The minimum absolute atomic E-state index is 0.0616. The van der Waals surface area contributed by atoms with Crippen molar-refractivity contribution >= 4 is 46.8 Å². The number of β-amino-alcohol motifs (C(OH)–C–C–N with tert-alkyl or cyclic N) is 1. The van der Waals surface area contributed by atoms with Crippen molar-refractivity contribution in [1.82, 2.24) is 25.6 Å². The van der Waals surface area contributed by atoms with Crippen molar-refractivity contribution in [2.24, 2.45) is 5.41 Å². The molecule has 5 amide bonds. The smallest absolute Gasteiger partial charge is 0.335 e. The molecule has 0 bridgehead atoms. The summed E-state index contributed by atoms with van der Waals surface area (Å²) in [4.78, 5) is 88.8. The summed E-state index contributed by atoms with van der Waals surface area (Å²) in [5, 5.41) is 16.3. The van der Waals surface area contributed by atoms with Crippen molar-refractivity contribution < 1.29 is 43.1 Å². The lowest BCUT2D eigenvalue weighted by Gasteiger charge is -2.36. The van der Waals surface area contributed by atoms with E-state index in [0.29, 0.717) is 10.6 Å². The molecule has 5 rings (SSSR count). The van der Waals surface area contributed by atoms with Crippen molar-refractivity contribution in [2.75, 3.05) is 6.54 Å². The Morgan fingerprint density at radius 1 is 1.11 bits per heavy atom. The molecule has 3 heterocycles. The Hall–Kier alpha value is -4.24. The Labute approximate surface area is 274 Å².